The molecule has 3 aromatic rings. The zero-order chi connectivity index (χ0) is 22.5. The third kappa shape index (κ3) is 4.38. The number of fused-ring (bicyclic) bond motifs is 1. The Bertz CT molecular complexity index is 1090. The number of ether oxygens (including phenoxy) is 1. The summed E-state index contributed by atoms with van der Waals surface area (Å²) in [5, 5.41) is 2.97. The molecule has 0 bridgehead atoms. The van der Waals surface area contributed by atoms with E-state index in [4.69, 9.17) is 4.74 Å². The highest BCUT2D eigenvalue weighted by atomic mass is 19.1. The zero-order valence-electron chi connectivity index (χ0n) is 17.7. The monoisotopic (exact) mass is 433 g/mol. The molecule has 1 N–H and O–H groups in total. The molecule has 32 heavy (non-hydrogen) atoms. The number of methoxy groups -OCH3 is 1. The van der Waals surface area contributed by atoms with Gasteiger partial charge >= 0.3 is 0 Å². The second-order valence-corrected chi connectivity index (χ2v) is 7.59. The van der Waals surface area contributed by atoms with E-state index < -0.39 is 12.0 Å². The molecule has 1 aromatic heterocycles. The molecule has 1 aliphatic rings. The van der Waals surface area contributed by atoms with E-state index in [1.165, 1.54) is 12.1 Å². The predicted octanol–water partition coefficient (Wildman–Crippen LogP) is 3.46. The van der Waals surface area contributed by atoms with Gasteiger partial charge in [0.15, 0.2) is 0 Å². The summed E-state index contributed by atoms with van der Waals surface area (Å²) in [5.74, 6) is -1.46. The first-order valence-corrected chi connectivity index (χ1v) is 10.4. The van der Waals surface area contributed by atoms with Gasteiger partial charge in [-0.3, -0.25) is 14.6 Å². The molecule has 0 aliphatic carbocycles. The van der Waals surface area contributed by atoms with Crippen LogP contribution in [-0.4, -0.2) is 42.0 Å². The lowest BCUT2D eigenvalue weighted by molar-refractivity contribution is -0.124. The van der Waals surface area contributed by atoms with Crippen LogP contribution in [-0.2, 0) is 16.1 Å². The molecule has 6 nitrogen and oxygen atoms in total. The smallest absolute Gasteiger partial charge is 0.254 e. The SMILES string of the molecule is COCCN1C(=O)c2ccccc2[C@H](C(=O)NCc2ccccn2)[C@@H]1c1ccc(F)cc1. The molecule has 0 unspecified atom stereocenters. The molecule has 7 heteroatoms. The Balaban J connectivity index is 1.76. The molecule has 0 fully saturated rings. The van der Waals surface area contributed by atoms with Gasteiger partial charge in [-0.1, -0.05) is 36.4 Å². The summed E-state index contributed by atoms with van der Waals surface area (Å²) in [5.41, 5.74) is 2.55. The van der Waals surface area contributed by atoms with Crippen LogP contribution in [0.3, 0.4) is 0 Å². The Labute approximate surface area is 186 Å². The minimum absolute atomic E-state index is 0.180. The van der Waals surface area contributed by atoms with Crippen molar-refractivity contribution in [2.75, 3.05) is 20.3 Å². The number of benzene rings is 2. The van der Waals surface area contributed by atoms with Gasteiger partial charge in [0.05, 0.1) is 30.8 Å². The van der Waals surface area contributed by atoms with Crippen molar-refractivity contribution in [3.8, 4) is 0 Å². The third-order valence-electron chi connectivity index (χ3n) is 5.64. The van der Waals surface area contributed by atoms with E-state index in [1.54, 1.807) is 42.5 Å². The Hall–Kier alpha value is -3.58. The number of amides is 2. The second kappa shape index (κ2) is 9.70. The fourth-order valence-electron chi connectivity index (χ4n) is 4.13. The largest absolute Gasteiger partial charge is 0.383 e. The summed E-state index contributed by atoms with van der Waals surface area (Å²) < 4.78 is 18.9. The van der Waals surface area contributed by atoms with Crippen molar-refractivity contribution in [1.29, 1.82) is 0 Å². The number of carbonyl (C=O) groups is 2. The number of nitrogens with one attached hydrogen (secondary N) is 1. The van der Waals surface area contributed by atoms with Crippen LogP contribution < -0.4 is 5.32 Å². The normalized spacial score (nSPS) is 17.7. The highest BCUT2D eigenvalue weighted by Crippen LogP contribution is 2.42. The molecule has 2 aromatic carbocycles. The number of rotatable bonds is 7. The Morgan fingerprint density at radius 2 is 1.84 bits per heavy atom. The first-order chi connectivity index (χ1) is 15.6. The number of aromatic nitrogens is 1. The Kier molecular flexibility index (Phi) is 6.56. The topological polar surface area (TPSA) is 71.5 Å². The average Bonchev–Trinajstić information content (AvgIpc) is 2.83. The van der Waals surface area contributed by atoms with Crippen LogP contribution in [0.15, 0.2) is 72.9 Å². The number of pyridine rings is 1. The van der Waals surface area contributed by atoms with Crippen molar-refractivity contribution in [2.45, 2.75) is 18.5 Å². The Morgan fingerprint density at radius 1 is 1.09 bits per heavy atom. The summed E-state index contributed by atoms with van der Waals surface area (Å²) in [6.45, 7) is 0.879. The van der Waals surface area contributed by atoms with Crippen LogP contribution in [0.25, 0.3) is 0 Å². The van der Waals surface area contributed by atoms with Gasteiger partial charge in [-0.15, -0.1) is 0 Å². The standard InChI is InChI=1S/C25H24FN3O3/c1-32-15-14-29-23(17-9-11-18(26)12-10-17)22(20-7-2-3-8-21(20)25(29)31)24(30)28-16-19-6-4-5-13-27-19/h2-13,22-23H,14-16H2,1H3,(H,28,30)/t22-,23-/m0/s1. The van der Waals surface area contributed by atoms with E-state index in [2.05, 4.69) is 10.3 Å². The van der Waals surface area contributed by atoms with E-state index in [9.17, 15) is 14.0 Å². The van der Waals surface area contributed by atoms with Gasteiger partial charge in [0.25, 0.3) is 5.91 Å². The molecule has 2 atom stereocenters. The van der Waals surface area contributed by atoms with Gasteiger partial charge < -0.3 is 15.0 Å². The van der Waals surface area contributed by atoms with Gasteiger partial charge in [0.1, 0.15) is 5.82 Å². The number of nitrogens with zero attached hydrogens (tertiary/aromatic N) is 2. The molecule has 1 aliphatic heterocycles. The van der Waals surface area contributed by atoms with Crippen LogP contribution >= 0.6 is 0 Å². The predicted molar refractivity (Wildman–Crippen MR) is 117 cm³/mol. The van der Waals surface area contributed by atoms with E-state index in [0.717, 1.165) is 5.69 Å². The summed E-state index contributed by atoms with van der Waals surface area (Å²) in [7, 11) is 1.56. The number of halogens is 1. The quantitative estimate of drug-likeness (QED) is 0.620. The number of hydrogen-bond donors (Lipinski definition) is 1. The van der Waals surface area contributed by atoms with Gasteiger partial charge in [-0.2, -0.15) is 0 Å². The van der Waals surface area contributed by atoms with E-state index >= 15 is 0 Å². The van der Waals surface area contributed by atoms with Crippen molar-refractivity contribution in [3.05, 3.63) is 101 Å². The molecular weight excluding hydrogens is 409 g/mol. The molecule has 2 heterocycles. The van der Waals surface area contributed by atoms with Crippen LogP contribution in [0.4, 0.5) is 4.39 Å². The fraction of sp³-hybridized carbons (Fsp3) is 0.240. The minimum atomic E-state index is -0.671. The van der Waals surface area contributed by atoms with E-state index in [-0.39, 0.29) is 24.2 Å². The summed E-state index contributed by atoms with van der Waals surface area (Å²) >= 11 is 0. The Morgan fingerprint density at radius 3 is 2.56 bits per heavy atom. The van der Waals surface area contributed by atoms with Crippen molar-refractivity contribution in [1.82, 2.24) is 15.2 Å². The van der Waals surface area contributed by atoms with Gasteiger partial charge in [0.2, 0.25) is 5.91 Å². The summed E-state index contributed by atoms with van der Waals surface area (Å²) in [4.78, 5) is 32.8. The summed E-state index contributed by atoms with van der Waals surface area (Å²) in [6, 6.07) is 18.0. The van der Waals surface area contributed by atoms with Gasteiger partial charge in [0, 0.05) is 25.4 Å². The molecule has 164 valence electrons. The molecule has 0 spiro atoms. The number of carbonyl (C=O) groups excluding carboxylic acids is 2. The van der Waals surface area contributed by atoms with Crippen molar-refractivity contribution in [3.63, 3.8) is 0 Å². The van der Waals surface area contributed by atoms with Gasteiger partial charge in [-0.25, -0.2) is 4.39 Å². The summed E-state index contributed by atoms with van der Waals surface area (Å²) in [6.07, 6.45) is 1.67. The molecular formula is C25H24FN3O3. The highest BCUT2D eigenvalue weighted by Gasteiger charge is 2.43. The lowest BCUT2D eigenvalue weighted by atomic mass is 9.79. The highest BCUT2D eigenvalue weighted by molar-refractivity contribution is 6.01. The average molecular weight is 433 g/mol. The lowest BCUT2D eigenvalue weighted by Crippen LogP contribution is -2.48. The molecule has 4 rings (SSSR count). The van der Waals surface area contributed by atoms with Crippen molar-refractivity contribution < 1.29 is 18.7 Å². The molecule has 0 saturated carbocycles. The number of hydrogen-bond acceptors (Lipinski definition) is 4. The van der Waals surface area contributed by atoms with Crippen LogP contribution in [0.1, 0.15) is 39.1 Å². The maximum Gasteiger partial charge on any atom is 0.254 e. The van der Waals surface area contributed by atoms with Gasteiger partial charge in [-0.05, 0) is 41.5 Å². The molecule has 0 saturated heterocycles. The van der Waals surface area contributed by atoms with Crippen LogP contribution in [0.5, 0.6) is 0 Å². The first-order valence-electron chi connectivity index (χ1n) is 10.4. The van der Waals surface area contributed by atoms with E-state index in [0.29, 0.717) is 29.8 Å². The molecule has 0 radical (unpaired) electrons. The fourth-order valence-corrected chi connectivity index (χ4v) is 4.13. The second-order valence-electron chi connectivity index (χ2n) is 7.59. The van der Waals surface area contributed by atoms with Crippen LogP contribution in [0.2, 0.25) is 0 Å². The minimum Gasteiger partial charge on any atom is -0.383 e. The van der Waals surface area contributed by atoms with E-state index in [1.807, 2.05) is 30.3 Å². The third-order valence-corrected chi connectivity index (χ3v) is 5.64. The zero-order valence-corrected chi connectivity index (χ0v) is 17.7. The maximum atomic E-state index is 13.6. The first kappa shape index (κ1) is 21.6. The van der Waals surface area contributed by atoms with Crippen molar-refractivity contribution in [2.24, 2.45) is 0 Å². The lowest BCUT2D eigenvalue weighted by Gasteiger charge is -2.41. The maximum absolute atomic E-state index is 13.6. The van der Waals surface area contributed by atoms with Crippen LogP contribution in [0, 0.1) is 5.82 Å². The van der Waals surface area contributed by atoms with Crippen molar-refractivity contribution >= 4 is 11.8 Å². The molecule has 2 amide bonds.